The average Bonchev–Trinajstić information content (AvgIpc) is 2.36. The van der Waals surface area contributed by atoms with Gasteiger partial charge in [-0.3, -0.25) is 0 Å². The fourth-order valence-corrected chi connectivity index (χ4v) is 2.94. The van der Waals surface area contributed by atoms with E-state index in [1.54, 1.807) is 0 Å². The van der Waals surface area contributed by atoms with Gasteiger partial charge in [0.05, 0.1) is 0 Å². The summed E-state index contributed by atoms with van der Waals surface area (Å²) in [6.45, 7) is 8.74. The molecule has 4 nitrogen and oxygen atoms in total. The van der Waals surface area contributed by atoms with Gasteiger partial charge in [-0.25, -0.2) is 9.97 Å². The minimum atomic E-state index is -0.0390. The molecule has 0 spiro atoms. The molecular weight excluding hydrogens is 316 g/mol. The molecule has 0 N–H and O–H groups in total. The van der Waals surface area contributed by atoms with Gasteiger partial charge in [0.1, 0.15) is 16.2 Å². The molecule has 1 unspecified atom stereocenters. The van der Waals surface area contributed by atoms with Crippen molar-refractivity contribution in [2.24, 2.45) is 0 Å². The first-order valence-electron chi connectivity index (χ1n) is 7.24. The van der Waals surface area contributed by atoms with Crippen LogP contribution in [0.3, 0.4) is 0 Å². The summed E-state index contributed by atoms with van der Waals surface area (Å²) in [5.41, 5.74) is -0.0390. The molecule has 0 radical (unpaired) electrons. The lowest BCUT2D eigenvalue weighted by Gasteiger charge is -2.36. The number of halogens is 1. The first-order chi connectivity index (χ1) is 9.27. The summed E-state index contributed by atoms with van der Waals surface area (Å²) in [6, 6.07) is 2.55. The molecule has 1 aromatic rings. The van der Waals surface area contributed by atoms with Crippen LogP contribution in [0.4, 0.5) is 5.82 Å². The predicted molar refractivity (Wildman–Crippen MR) is 87.4 cm³/mol. The van der Waals surface area contributed by atoms with Gasteiger partial charge >= 0.3 is 0 Å². The summed E-state index contributed by atoms with van der Waals surface area (Å²) in [7, 11) is 4.33. The Morgan fingerprint density at radius 3 is 2.65 bits per heavy atom. The van der Waals surface area contributed by atoms with Crippen molar-refractivity contribution in [3.05, 3.63) is 16.5 Å². The third-order valence-electron chi connectivity index (χ3n) is 3.86. The van der Waals surface area contributed by atoms with Crippen LogP contribution in [-0.4, -0.2) is 48.1 Å². The molecule has 1 aliphatic heterocycles. The molecule has 0 bridgehead atoms. The Morgan fingerprint density at radius 2 is 2.05 bits per heavy atom. The summed E-state index contributed by atoms with van der Waals surface area (Å²) in [4.78, 5) is 14.0. The molecule has 112 valence electrons. The molecule has 1 atom stereocenters. The van der Waals surface area contributed by atoms with Crippen LogP contribution < -0.4 is 4.90 Å². The zero-order valence-electron chi connectivity index (χ0n) is 13.1. The third-order valence-corrected chi connectivity index (χ3v) is 4.27. The normalized spacial score (nSPS) is 21.0. The number of anilines is 1. The molecule has 0 aromatic carbocycles. The van der Waals surface area contributed by atoms with E-state index in [1.165, 1.54) is 19.4 Å². The summed E-state index contributed by atoms with van der Waals surface area (Å²) >= 11 is 3.52. The molecule has 0 aliphatic carbocycles. The molecular formula is C15H25BrN4. The minimum Gasteiger partial charge on any atom is -0.355 e. The Morgan fingerprint density at radius 1 is 1.35 bits per heavy atom. The fraction of sp³-hybridized carbons (Fsp3) is 0.733. The minimum absolute atomic E-state index is 0.0390. The number of piperidine rings is 1. The van der Waals surface area contributed by atoms with Crippen molar-refractivity contribution < 1.29 is 0 Å². The Kier molecular flexibility index (Phi) is 4.69. The van der Waals surface area contributed by atoms with Crippen LogP contribution in [0.1, 0.15) is 39.4 Å². The standard InChI is InChI=1S/C15H25BrN4/c1-15(2,3)14-17-12(16)9-13(18-14)20(5)11-7-6-8-19(4)10-11/h9,11H,6-8,10H2,1-5H3. The van der Waals surface area contributed by atoms with Crippen molar-refractivity contribution in [2.45, 2.75) is 45.1 Å². The van der Waals surface area contributed by atoms with E-state index >= 15 is 0 Å². The van der Waals surface area contributed by atoms with Crippen LogP contribution in [0.5, 0.6) is 0 Å². The van der Waals surface area contributed by atoms with Crippen molar-refractivity contribution in [1.29, 1.82) is 0 Å². The zero-order valence-corrected chi connectivity index (χ0v) is 14.7. The largest absolute Gasteiger partial charge is 0.355 e. The Balaban J connectivity index is 2.25. The SMILES string of the molecule is CN1CCCC(N(C)c2cc(Br)nc(C(C)(C)C)n2)C1. The van der Waals surface area contributed by atoms with E-state index in [-0.39, 0.29) is 5.41 Å². The summed E-state index contributed by atoms with van der Waals surface area (Å²) in [5.74, 6) is 1.90. The average molecular weight is 341 g/mol. The van der Waals surface area contributed by atoms with Crippen LogP contribution >= 0.6 is 15.9 Å². The van der Waals surface area contributed by atoms with Crippen molar-refractivity contribution >= 4 is 21.7 Å². The first-order valence-corrected chi connectivity index (χ1v) is 8.03. The molecule has 0 amide bonds. The van der Waals surface area contributed by atoms with E-state index in [2.05, 4.69) is 65.6 Å². The second-order valence-corrected chi connectivity index (χ2v) is 7.60. The maximum absolute atomic E-state index is 4.77. The van der Waals surface area contributed by atoms with Gasteiger partial charge in [0.2, 0.25) is 0 Å². The van der Waals surface area contributed by atoms with Crippen LogP contribution in [0, 0.1) is 0 Å². The molecule has 1 aromatic heterocycles. The van der Waals surface area contributed by atoms with Crippen LogP contribution in [0.2, 0.25) is 0 Å². The smallest absolute Gasteiger partial charge is 0.137 e. The quantitative estimate of drug-likeness (QED) is 0.774. The summed E-state index contributed by atoms with van der Waals surface area (Å²) in [5, 5.41) is 0. The second kappa shape index (κ2) is 5.98. The summed E-state index contributed by atoms with van der Waals surface area (Å²) < 4.78 is 0.864. The van der Waals surface area contributed by atoms with Crippen molar-refractivity contribution in [2.75, 3.05) is 32.1 Å². The topological polar surface area (TPSA) is 32.3 Å². The number of likely N-dealkylation sites (tertiary alicyclic amines) is 1. The van der Waals surface area contributed by atoms with Gasteiger partial charge in [0.25, 0.3) is 0 Å². The molecule has 1 aliphatic rings. The lowest BCUT2D eigenvalue weighted by atomic mass is 9.96. The summed E-state index contributed by atoms with van der Waals surface area (Å²) in [6.07, 6.45) is 2.48. The van der Waals surface area contributed by atoms with Gasteiger partial charge in [-0.1, -0.05) is 20.8 Å². The van der Waals surface area contributed by atoms with Crippen molar-refractivity contribution in [1.82, 2.24) is 14.9 Å². The van der Waals surface area contributed by atoms with E-state index in [4.69, 9.17) is 4.98 Å². The van der Waals surface area contributed by atoms with Crippen molar-refractivity contribution in [3.8, 4) is 0 Å². The molecule has 0 saturated carbocycles. The fourth-order valence-electron chi connectivity index (χ4n) is 2.56. The second-order valence-electron chi connectivity index (χ2n) is 6.79. The lowest BCUT2D eigenvalue weighted by molar-refractivity contribution is 0.247. The van der Waals surface area contributed by atoms with Crippen molar-refractivity contribution in [3.63, 3.8) is 0 Å². The highest BCUT2D eigenvalue weighted by Crippen LogP contribution is 2.26. The molecule has 1 fully saturated rings. The van der Waals surface area contributed by atoms with Gasteiger partial charge in [-0.2, -0.15) is 0 Å². The van der Waals surface area contributed by atoms with Gasteiger partial charge in [-0.05, 0) is 42.4 Å². The number of hydrogen-bond acceptors (Lipinski definition) is 4. The molecule has 1 saturated heterocycles. The van der Waals surface area contributed by atoms with E-state index in [0.29, 0.717) is 6.04 Å². The van der Waals surface area contributed by atoms with Gasteiger partial charge in [-0.15, -0.1) is 0 Å². The molecule has 5 heteroatoms. The Labute approximate surface area is 130 Å². The molecule has 20 heavy (non-hydrogen) atoms. The van der Waals surface area contributed by atoms with Crippen LogP contribution in [0.15, 0.2) is 10.7 Å². The zero-order chi connectivity index (χ0) is 14.9. The third kappa shape index (κ3) is 3.70. The van der Waals surface area contributed by atoms with E-state index < -0.39 is 0 Å². The monoisotopic (exact) mass is 340 g/mol. The number of likely N-dealkylation sites (N-methyl/N-ethyl adjacent to an activating group) is 2. The highest BCUT2D eigenvalue weighted by Gasteiger charge is 2.24. The van der Waals surface area contributed by atoms with Crippen LogP contribution in [-0.2, 0) is 5.41 Å². The number of hydrogen-bond donors (Lipinski definition) is 0. The molecule has 2 rings (SSSR count). The van der Waals surface area contributed by atoms with E-state index in [1.807, 2.05) is 6.07 Å². The van der Waals surface area contributed by atoms with E-state index in [9.17, 15) is 0 Å². The van der Waals surface area contributed by atoms with Gasteiger partial charge in [0, 0.05) is 31.1 Å². The highest BCUT2D eigenvalue weighted by molar-refractivity contribution is 9.10. The first kappa shape index (κ1) is 15.7. The molecule has 2 heterocycles. The lowest BCUT2D eigenvalue weighted by Crippen LogP contribution is -2.45. The van der Waals surface area contributed by atoms with Gasteiger partial charge in [0.15, 0.2) is 0 Å². The maximum atomic E-state index is 4.77. The highest BCUT2D eigenvalue weighted by atomic mass is 79.9. The maximum Gasteiger partial charge on any atom is 0.137 e. The predicted octanol–water partition coefficient (Wildman–Crippen LogP) is 3.07. The van der Waals surface area contributed by atoms with E-state index in [0.717, 1.165) is 22.8 Å². The van der Waals surface area contributed by atoms with Gasteiger partial charge < -0.3 is 9.80 Å². The number of rotatable bonds is 2. The van der Waals surface area contributed by atoms with Crippen LogP contribution in [0.25, 0.3) is 0 Å². The Hall–Kier alpha value is -0.680. The number of aromatic nitrogens is 2. The Bertz CT molecular complexity index is 469. The number of nitrogens with zero attached hydrogens (tertiary/aromatic N) is 4.